The second kappa shape index (κ2) is 10.6. The highest BCUT2D eigenvalue weighted by Crippen LogP contribution is 2.37. The van der Waals surface area contributed by atoms with Gasteiger partial charge in [0.05, 0.1) is 40.8 Å². The number of aromatic nitrogens is 4. The molecule has 1 aromatic carbocycles. The number of rotatable bonds is 8. The zero-order chi connectivity index (χ0) is 26.1. The van der Waals surface area contributed by atoms with Crippen molar-refractivity contribution in [2.24, 2.45) is 0 Å². The number of aromatic hydroxyl groups is 1. The predicted molar refractivity (Wildman–Crippen MR) is 151 cm³/mol. The van der Waals surface area contributed by atoms with Crippen molar-refractivity contribution in [1.29, 1.82) is 0 Å². The Morgan fingerprint density at radius 1 is 1.11 bits per heavy atom. The molecule has 1 unspecified atom stereocenters. The number of hydrogen-bond donors (Lipinski definition) is 3. The molecule has 4 aromatic rings. The van der Waals surface area contributed by atoms with Gasteiger partial charge in [0.25, 0.3) is 0 Å². The molecule has 36 heavy (non-hydrogen) atoms. The summed E-state index contributed by atoms with van der Waals surface area (Å²) in [5.74, 6) is 0.624. The Kier molecular flexibility index (Phi) is 7.91. The van der Waals surface area contributed by atoms with E-state index in [4.69, 9.17) is 4.98 Å². The monoisotopic (exact) mass is 619 g/mol. The molecule has 0 bridgehead atoms. The first-order valence-electron chi connectivity index (χ1n) is 11.7. The molecule has 10 heteroatoms. The molecule has 0 spiro atoms. The summed E-state index contributed by atoms with van der Waals surface area (Å²) in [5.41, 5.74) is 3.36. The molecule has 0 radical (unpaired) electrons. The van der Waals surface area contributed by atoms with Crippen LogP contribution < -0.4 is 4.72 Å². The molecule has 2 atom stereocenters. The summed E-state index contributed by atoms with van der Waals surface area (Å²) in [6.45, 7) is 7.73. The van der Waals surface area contributed by atoms with Crippen LogP contribution in [0.5, 0.6) is 5.75 Å². The molecule has 3 N–H and O–H groups in total. The lowest BCUT2D eigenvalue weighted by atomic mass is 10.1. The van der Waals surface area contributed by atoms with Crippen molar-refractivity contribution in [1.82, 2.24) is 24.5 Å². The second-order valence-corrected chi connectivity index (χ2v) is 13.4. The quantitative estimate of drug-likeness (QED) is 0.108. The maximum Gasteiger partial charge on any atom is 0.156 e. The fourth-order valence-electron chi connectivity index (χ4n) is 3.80. The second-order valence-electron chi connectivity index (χ2n) is 9.57. The molecule has 0 aliphatic carbocycles. The molecule has 0 fully saturated rings. The summed E-state index contributed by atoms with van der Waals surface area (Å²) in [7, 11) is 0. The number of hydrogen-bond acceptors (Lipinski definition) is 7. The number of phenolic OH excluding ortho intramolecular Hbond substituents is 1. The van der Waals surface area contributed by atoms with Gasteiger partial charge in [-0.05, 0) is 86.2 Å². The third kappa shape index (κ3) is 5.52. The first kappa shape index (κ1) is 26.8. The summed E-state index contributed by atoms with van der Waals surface area (Å²) in [5, 5.41) is 25.3. The number of nitrogens with zero attached hydrogens (tertiary/aromatic N) is 4. The smallest absolute Gasteiger partial charge is 0.156 e. The number of pyridine rings is 2. The summed E-state index contributed by atoms with van der Waals surface area (Å²) in [6.07, 6.45) is 3.22. The van der Waals surface area contributed by atoms with Gasteiger partial charge < -0.3 is 14.8 Å². The van der Waals surface area contributed by atoms with Gasteiger partial charge in [-0.15, -0.1) is 4.72 Å². The Labute approximate surface area is 227 Å². The van der Waals surface area contributed by atoms with Crippen molar-refractivity contribution in [3.8, 4) is 22.8 Å². The Bertz CT molecular complexity index is 1370. The van der Waals surface area contributed by atoms with Gasteiger partial charge in [0.2, 0.25) is 0 Å². The predicted octanol–water partition coefficient (Wildman–Crippen LogP) is 5.12. The number of nitrogens with one attached hydrogen (secondary N) is 1. The van der Waals surface area contributed by atoms with E-state index in [0.717, 1.165) is 18.5 Å². The minimum atomic E-state index is -1.28. The number of fused-ring (bicyclic) bond motifs is 1. The van der Waals surface area contributed by atoms with Crippen LogP contribution in [0.1, 0.15) is 51.9 Å². The van der Waals surface area contributed by atoms with E-state index in [1.54, 1.807) is 35.1 Å². The van der Waals surface area contributed by atoms with Crippen LogP contribution in [-0.4, -0.2) is 39.3 Å². The lowest BCUT2D eigenvalue weighted by molar-refractivity contribution is 0.276. The van der Waals surface area contributed by atoms with Crippen molar-refractivity contribution in [3.05, 3.63) is 66.1 Å². The van der Waals surface area contributed by atoms with E-state index in [2.05, 4.69) is 44.3 Å². The average Bonchev–Trinajstić information content (AvgIpc) is 3.28. The number of alkyl halides is 1. The first-order chi connectivity index (χ1) is 17.1. The average molecular weight is 620 g/mol. The van der Waals surface area contributed by atoms with Crippen LogP contribution in [0.4, 0.5) is 0 Å². The molecule has 0 aliphatic heterocycles. The minimum Gasteiger partial charge on any atom is -0.598 e. The Morgan fingerprint density at radius 2 is 1.86 bits per heavy atom. The van der Waals surface area contributed by atoms with E-state index in [0.29, 0.717) is 33.7 Å². The Hall–Kier alpha value is -2.25. The van der Waals surface area contributed by atoms with Crippen LogP contribution >= 0.6 is 22.6 Å². The van der Waals surface area contributed by atoms with Crippen molar-refractivity contribution in [3.63, 3.8) is 0 Å². The van der Waals surface area contributed by atoms with Crippen LogP contribution in [0.3, 0.4) is 0 Å². The van der Waals surface area contributed by atoms with Gasteiger partial charge in [0, 0.05) is 16.9 Å². The molecule has 4 rings (SSSR count). The van der Waals surface area contributed by atoms with E-state index in [-0.39, 0.29) is 12.4 Å². The van der Waals surface area contributed by atoms with Gasteiger partial charge >= 0.3 is 0 Å². The number of aliphatic hydroxyl groups excluding tert-OH is 1. The molecule has 0 aliphatic rings. The van der Waals surface area contributed by atoms with Gasteiger partial charge in [-0.2, -0.15) is 5.10 Å². The third-order valence-corrected chi connectivity index (χ3v) is 9.07. The maximum atomic E-state index is 13.0. The first-order valence-corrected chi connectivity index (χ1v) is 13.9. The zero-order valence-electron chi connectivity index (χ0n) is 20.7. The van der Waals surface area contributed by atoms with Crippen LogP contribution in [0, 0.1) is 0 Å². The van der Waals surface area contributed by atoms with Crippen molar-refractivity contribution < 1.29 is 14.8 Å². The van der Waals surface area contributed by atoms with E-state index >= 15 is 0 Å². The highest BCUT2D eigenvalue weighted by molar-refractivity contribution is 14.1. The van der Waals surface area contributed by atoms with Crippen LogP contribution in [-0.2, 0) is 21.5 Å². The minimum absolute atomic E-state index is 0.0838. The van der Waals surface area contributed by atoms with Gasteiger partial charge in [0.15, 0.2) is 9.36 Å². The summed E-state index contributed by atoms with van der Waals surface area (Å²) in [6, 6.07) is 14.7. The van der Waals surface area contributed by atoms with E-state index in [9.17, 15) is 14.8 Å². The van der Waals surface area contributed by atoms with Gasteiger partial charge in [0.1, 0.15) is 10.5 Å². The fourth-order valence-corrected chi connectivity index (χ4v) is 6.05. The molecule has 8 nitrogen and oxygen atoms in total. The van der Waals surface area contributed by atoms with E-state index < -0.39 is 19.7 Å². The van der Waals surface area contributed by atoms with Gasteiger partial charge in [-0.3, -0.25) is 0 Å². The molecule has 190 valence electrons. The van der Waals surface area contributed by atoms with E-state index in [1.807, 2.05) is 45.0 Å². The lowest BCUT2D eigenvalue weighted by Gasteiger charge is -2.33. The number of aliphatic hydroxyl groups is 1. The summed E-state index contributed by atoms with van der Waals surface area (Å²) in [4.78, 5) is 9.38. The Balaban J connectivity index is 1.78. The largest absolute Gasteiger partial charge is 0.598 e. The molecule has 0 saturated heterocycles. The van der Waals surface area contributed by atoms with Crippen LogP contribution in [0.25, 0.3) is 28.0 Å². The molecule has 0 saturated carbocycles. The third-order valence-electron chi connectivity index (χ3n) is 5.69. The highest BCUT2D eigenvalue weighted by Gasteiger charge is 2.39. The van der Waals surface area contributed by atoms with Crippen molar-refractivity contribution in [2.45, 2.75) is 55.4 Å². The number of phenols is 1. The topological polar surface area (TPSA) is 119 Å². The SMILES string of the molecule is CCC[C@@](I)(N[S+]([O-])C(C)(C)C)c1cccc(-c2cc(O)c3cnn(-c4cccc(CO)n4)c3c2)n1. The standard InChI is InChI=1S/C26H30IN5O3S/c1-5-12-26(27,31-36(35)25(2,3)4)23-10-7-9-20(30-23)17-13-21-19(22(34)14-17)15-28-32(21)24-11-6-8-18(16-33)29-24/h6-11,13-15,31,33-34H,5,12,16H2,1-4H3/t26-,36?/m1/s1. The zero-order valence-corrected chi connectivity index (χ0v) is 23.7. The highest BCUT2D eigenvalue weighted by atomic mass is 127. The normalized spacial score (nSPS) is 14.6. The number of halogens is 1. The van der Waals surface area contributed by atoms with Crippen LogP contribution in [0.15, 0.2) is 54.7 Å². The summed E-state index contributed by atoms with van der Waals surface area (Å²) < 4.78 is 16.9. The molecule has 0 amide bonds. The molecule has 3 heterocycles. The summed E-state index contributed by atoms with van der Waals surface area (Å²) >= 11 is 1.03. The van der Waals surface area contributed by atoms with E-state index in [1.165, 1.54) is 0 Å². The Morgan fingerprint density at radius 3 is 2.56 bits per heavy atom. The number of benzene rings is 1. The molecular weight excluding hydrogens is 589 g/mol. The molecular formula is C26H30IN5O3S. The molecule has 3 aromatic heterocycles. The van der Waals surface area contributed by atoms with Crippen molar-refractivity contribution in [2.75, 3.05) is 0 Å². The lowest BCUT2D eigenvalue weighted by Crippen LogP contribution is -2.48. The van der Waals surface area contributed by atoms with Crippen LogP contribution in [0.2, 0.25) is 0 Å². The van der Waals surface area contributed by atoms with Gasteiger partial charge in [-0.1, -0.05) is 25.5 Å². The van der Waals surface area contributed by atoms with Crippen molar-refractivity contribution >= 4 is 44.9 Å². The fraction of sp³-hybridized carbons (Fsp3) is 0.346. The maximum absolute atomic E-state index is 13.0. The van der Waals surface area contributed by atoms with Gasteiger partial charge in [-0.25, -0.2) is 14.6 Å².